The lowest BCUT2D eigenvalue weighted by Crippen LogP contribution is -2.49. The van der Waals surface area contributed by atoms with Crippen molar-refractivity contribution in [1.82, 2.24) is 10.6 Å². The molecule has 0 heterocycles. The summed E-state index contributed by atoms with van der Waals surface area (Å²) in [5.41, 5.74) is 1.32. The molecule has 6 nitrogen and oxygen atoms in total. The molecule has 2 amide bonds. The van der Waals surface area contributed by atoms with E-state index in [9.17, 15) is 19.5 Å². The molecule has 0 saturated heterocycles. The Morgan fingerprint density at radius 3 is 2.24 bits per heavy atom. The highest BCUT2D eigenvalue weighted by molar-refractivity contribution is 5.92. The number of aryl methyl sites for hydroxylation is 1. The topological polar surface area (TPSA) is 95.5 Å². The molecule has 1 fully saturated rings. The first-order chi connectivity index (χ1) is 13.8. The Labute approximate surface area is 174 Å². The summed E-state index contributed by atoms with van der Waals surface area (Å²) in [6, 6.07) is 9.28. The Bertz CT molecular complexity index is 627. The molecule has 0 spiro atoms. The summed E-state index contributed by atoms with van der Waals surface area (Å²) in [6.07, 6.45) is 4.94. The van der Waals surface area contributed by atoms with Gasteiger partial charge in [0.25, 0.3) is 0 Å². The van der Waals surface area contributed by atoms with Gasteiger partial charge >= 0.3 is 0 Å². The number of amides is 2. The number of ketones is 1. The molecular formula is C23H36N2O4. The number of carbonyl (C=O) groups is 3. The predicted molar refractivity (Wildman–Crippen MR) is 114 cm³/mol. The molecule has 29 heavy (non-hydrogen) atoms. The van der Waals surface area contributed by atoms with Gasteiger partial charge in [0.2, 0.25) is 11.8 Å². The van der Waals surface area contributed by atoms with E-state index in [1.54, 1.807) is 0 Å². The zero-order valence-electron chi connectivity index (χ0n) is 17.9. The first-order valence-corrected chi connectivity index (χ1v) is 10.6. The van der Waals surface area contributed by atoms with Crippen LogP contribution in [0.15, 0.2) is 30.3 Å². The van der Waals surface area contributed by atoms with E-state index in [0.29, 0.717) is 12.3 Å². The normalized spacial score (nSPS) is 13.8. The lowest BCUT2D eigenvalue weighted by atomic mass is 10.1. The number of hydrogen-bond donors (Lipinski definition) is 3. The van der Waals surface area contributed by atoms with E-state index in [-0.39, 0.29) is 24.2 Å². The summed E-state index contributed by atoms with van der Waals surface area (Å²) < 4.78 is 0. The molecule has 0 radical (unpaired) electrons. The van der Waals surface area contributed by atoms with E-state index < -0.39 is 18.6 Å². The fourth-order valence-corrected chi connectivity index (χ4v) is 2.68. The molecule has 0 aromatic heterocycles. The van der Waals surface area contributed by atoms with Gasteiger partial charge in [0.05, 0.1) is 13.2 Å². The number of benzene rings is 1. The molecule has 162 valence electrons. The summed E-state index contributed by atoms with van der Waals surface area (Å²) >= 11 is 0. The molecule has 1 atom stereocenters. The summed E-state index contributed by atoms with van der Waals surface area (Å²) in [5, 5.41) is 14.2. The van der Waals surface area contributed by atoms with Gasteiger partial charge < -0.3 is 15.7 Å². The Hall–Kier alpha value is -2.21. The quantitative estimate of drug-likeness (QED) is 0.494. The number of nitrogens with one attached hydrogen (secondary N) is 2. The second-order valence-corrected chi connectivity index (χ2v) is 8.06. The predicted octanol–water partition coefficient (Wildman–Crippen LogP) is 2.77. The third-order valence-electron chi connectivity index (χ3n) is 4.68. The summed E-state index contributed by atoms with van der Waals surface area (Å²) in [6.45, 7) is 5.86. The summed E-state index contributed by atoms with van der Waals surface area (Å²) in [4.78, 5) is 35.1. The Morgan fingerprint density at radius 1 is 1.10 bits per heavy atom. The maximum atomic E-state index is 11.8. The van der Waals surface area contributed by atoms with Crippen molar-refractivity contribution < 1.29 is 19.5 Å². The van der Waals surface area contributed by atoms with Crippen molar-refractivity contribution in [2.24, 2.45) is 11.8 Å². The van der Waals surface area contributed by atoms with Gasteiger partial charge in [0, 0.05) is 12.3 Å². The Balaban J connectivity index is 0.000000502. The van der Waals surface area contributed by atoms with E-state index >= 15 is 0 Å². The van der Waals surface area contributed by atoms with Gasteiger partial charge in [-0.3, -0.25) is 14.4 Å². The average Bonchev–Trinajstić information content (AvgIpc) is 3.53. The van der Waals surface area contributed by atoms with Crippen LogP contribution in [0.1, 0.15) is 57.9 Å². The number of aliphatic hydroxyl groups excluding tert-OH is 1. The van der Waals surface area contributed by atoms with Crippen LogP contribution in [-0.2, 0) is 14.4 Å². The number of rotatable bonds is 11. The average molecular weight is 405 g/mol. The fourth-order valence-electron chi connectivity index (χ4n) is 2.68. The first-order valence-electron chi connectivity index (χ1n) is 10.6. The second-order valence-electron chi connectivity index (χ2n) is 8.06. The van der Waals surface area contributed by atoms with Crippen molar-refractivity contribution in [2.75, 3.05) is 13.2 Å². The highest BCUT2D eigenvalue weighted by Gasteiger charge is 2.30. The molecule has 1 aromatic rings. The van der Waals surface area contributed by atoms with E-state index in [2.05, 4.69) is 43.5 Å². The van der Waals surface area contributed by atoms with Gasteiger partial charge in [-0.2, -0.15) is 0 Å². The third kappa shape index (κ3) is 12.1. The minimum Gasteiger partial charge on any atom is -0.394 e. The zero-order chi connectivity index (χ0) is 21.6. The van der Waals surface area contributed by atoms with E-state index in [0.717, 1.165) is 32.1 Å². The highest BCUT2D eigenvalue weighted by atomic mass is 16.3. The molecule has 6 heteroatoms. The van der Waals surface area contributed by atoms with E-state index in [1.165, 1.54) is 5.56 Å². The third-order valence-corrected chi connectivity index (χ3v) is 4.68. The maximum Gasteiger partial charge on any atom is 0.245 e. The van der Waals surface area contributed by atoms with E-state index in [1.807, 2.05) is 18.2 Å². The number of carbonyl (C=O) groups excluding carboxylic acids is 3. The van der Waals surface area contributed by atoms with Crippen LogP contribution in [0.25, 0.3) is 0 Å². The van der Waals surface area contributed by atoms with Gasteiger partial charge in [-0.25, -0.2) is 0 Å². The smallest absolute Gasteiger partial charge is 0.245 e. The minimum absolute atomic E-state index is 0.0186. The largest absolute Gasteiger partial charge is 0.394 e. The van der Waals surface area contributed by atoms with Crippen molar-refractivity contribution >= 4 is 17.6 Å². The Morgan fingerprint density at radius 2 is 1.76 bits per heavy atom. The number of Topliss-reactive ketones (excluding diaryl/α,β-unsaturated/α-hetero) is 1. The molecule has 1 aliphatic rings. The SMILES string of the molecule is CC(C)CCCCC(=O)NC(CO)C(=O)NCC(=O)C1CC1.Cc1ccccc1. The molecule has 1 unspecified atom stereocenters. The van der Waals surface area contributed by atoms with Crippen LogP contribution in [0.2, 0.25) is 0 Å². The van der Waals surface area contributed by atoms with Crippen molar-refractivity contribution in [2.45, 2.75) is 65.3 Å². The number of hydrogen-bond acceptors (Lipinski definition) is 4. The zero-order valence-corrected chi connectivity index (χ0v) is 17.9. The lowest BCUT2D eigenvalue weighted by molar-refractivity contribution is -0.131. The van der Waals surface area contributed by atoms with Gasteiger partial charge in [-0.1, -0.05) is 62.6 Å². The Kier molecular flexibility index (Phi) is 11.9. The van der Waals surface area contributed by atoms with Crippen LogP contribution >= 0.6 is 0 Å². The van der Waals surface area contributed by atoms with Gasteiger partial charge in [0.1, 0.15) is 6.04 Å². The van der Waals surface area contributed by atoms with E-state index in [4.69, 9.17) is 0 Å². The van der Waals surface area contributed by atoms with Crippen LogP contribution in [0.3, 0.4) is 0 Å². The maximum absolute atomic E-state index is 11.8. The van der Waals surface area contributed by atoms with Crippen LogP contribution in [0, 0.1) is 18.8 Å². The lowest BCUT2D eigenvalue weighted by Gasteiger charge is -2.16. The molecule has 1 saturated carbocycles. The summed E-state index contributed by atoms with van der Waals surface area (Å²) in [7, 11) is 0. The number of unbranched alkanes of at least 4 members (excludes halogenated alkanes) is 1. The molecule has 3 N–H and O–H groups in total. The standard InChI is InChI=1S/C16H28N2O4.C7H8/c1-11(2)5-3-4-6-15(21)18-13(10-19)16(22)17-9-14(20)12-7-8-12;1-7-5-3-2-4-6-7/h11-13,19H,3-10H2,1-2H3,(H,17,22)(H,18,21);2-6H,1H3. The summed E-state index contributed by atoms with van der Waals surface area (Å²) in [5.74, 6) is -0.0324. The highest BCUT2D eigenvalue weighted by Crippen LogP contribution is 2.29. The molecule has 0 aliphatic heterocycles. The first kappa shape index (κ1) is 24.8. The van der Waals surface area contributed by atoms with Crippen molar-refractivity contribution in [3.05, 3.63) is 35.9 Å². The van der Waals surface area contributed by atoms with Crippen LogP contribution in [0.4, 0.5) is 0 Å². The van der Waals surface area contributed by atoms with Gasteiger partial charge in [-0.05, 0) is 32.1 Å². The number of aliphatic hydroxyl groups is 1. The molecule has 1 aliphatic carbocycles. The monoisotopic (exact) mass is 404 g/mol. The molecular weight excluding hydrogens is 368 g/mol. The van der Waals surface area contributed by atoms with Crippen LogP contribution in [0.5, 0.6) is 0 Å². The van der Waals surface area contributed by atoms with Crippen molar-refractivity contribution in [3.8, 4) is 0 Å². The van der Waals surface area contributed by atoms with Crippen molar-refractivity contribution in [1.29, 1.82) is 0 Å². The second kappa shape index (κ2) is 13.9. The van der Waals surface area contributed by atoms with Crippen LogP contribution in [-0.4, -0.2) is 41.9 Å². The molecule has 1 aromatic carbocycles. The van der Waals surface area contributed by atoms with Crippen molar-refractivity contribution in [3.63, 3.8) is 0 Å². The minimum atomic E-state index is -0.982. The van der Waals surface area contributed by atoms with Crippen LogP contribution < -0.4 is 10.6 Å². The molecule has 0 bridgehead atoms. The van der Waals surface area contributed by atoms with Gasteiger partial charge in [0.15, 0.2) is 5.78 Å². The fraction of sp³-hybridized carbons (Fsp3) is 0.609. The molecule has 2 rings (SSSR count). The van der Waals surface area contributed by atoms with Gasteiger partial charge in [-0.15, -0.1) is 0 Å².